The van der Waals surface area contributed by atoms with Crippen LogP contribution in [0.25, 0.3) is 0 Å². The molecular weight excluding hydrogens is 585 g/mol. The van der Waals surface area contributed by atoms with E-state index in [0.717, 1.165) is 4.31 Å². The van der Waals surface area contributed by atoms with Gasteiger partial charge < -0.3 is 15.0 Å². The molecule has 0 heterocycles. The predicted molar refractivity (Wildman–Crippen MR) is 163 cm³/mol. The highest BCUT2D eigenvalue weighted by Gasteiger charge is 2.33. The molecule has 2 amide bonds. The molecule has 0 unspecified atom stereocenters. The van der Waals surface area contributed by atoms with E-state index in [1.807, 2.05) is 20.8 Å². The maximum absolute atomic E-state index is 14.0. The van der Waals surface area contributed by atoms with E-state index in [0.29, 0.717) is 34.4 Å². The standard InChI is InChI=1S/C30H35Cl2N3O5S/c1-5-21(3)33-30(37)22(4)34(19-26-27(31)13-10-14-28(26)32)29(36)20-35(23-15-17-24(18-16-23)40-6-2)41(38,39)25-11-8-7-9-12-25/h7-18,21-22H,5-6,19-20H2,1-4H3,(H,33,37)/t21-,22+/m0/s1. The Morgan fingerprint density at radius 3 is 2.07 bits per heavy atom. The second-order valence-electron chi connectivity index (χ2n) is 9.47. The Kier molecular flexibility index (Phi) is 11.5. The molecule has 8 nitrogen and oxygen atoms in total. The van der Waals surface area contributed by atoms with Crippen LogP contribution in [-0.2, 0) is 26.2 Å². The lowest BCUT2D eigenvalue weighted by Gasteiger charge is -2.33. The van der Waals surface area contributed by atoms with E-state index in [4.69, 9.17) is 27.9 Å². The summed E-state index contributed by atoms with van der Waals surface area (Å²) in [5.74, 6) is -0.430. The number of rotatable bonds is 13. The van der Waals surface area contributed by atoms with Crippen LogP contribution in [0, 0.1) is 0 Å². The molecule has 0 aliphatic carbocycles. The predicted octanol–water partition coefficient (Wildman–Crippen LogP) is 5.92. The molecule has 11 heteroatoms. The number of hydrogen-bond donors (Lipinski definition) is 1. The minimum atomic E-state index is -4.17. The average molecular weight is 621 g/mol. The fourth-order valence-corrected chi connectivity index (χ4v) is 5.98. The summed E-state index contributed by atoms with van der Waals surface area (Å²) in [6, 6.07) is 18.2. The van der Waals surface area contributed by atoms with Gasteiger partial charge in [-0.25, -0.2) is 8.42 Å². The lowest BCUT2D eigenvalue weighted by Crippen LogP contribution is -2.52. The van der Waals surface area contributed by atoms with Crippen LogP contribution in [-0.4, -0.2) is 50.4 Å². The quantitative estimate of drug-likeness (QED) is 0.256. The lowest BCUT2D eigenvalue weighted by atomic mass is 10.1. The van der Waals surface area contributed by atoms with Crippen LogP contribution in [0.2, 0.25) is 10.0 Å². The first-order valence-corrected chi connectivity index (χ1v) is 15.5. The minimum Gasteiger partial charge on any atom is -0.494 e. The third-order valence-electron chi connectivity index (χ3n) is 6.60. The number of halogens is 2. The average Bonchev–Trinajstić information content (AvgIpc) is 2.96. The van der Waals surface area contributed by atoms with Crippen LogP contribution in [0.4, 0.5) is 5.69 Å². The molecule has 3 rings (SSSR count). The highest BCUT2D eigenvalue weighted by molar-refractivity contribution is 7.92. The van der Waals surface area contributed by atoms with E-state index in [1.54, 1.807) is 67.6 Å². The van der Waals surface area contributed by atoms with Gasteiger partial charge in [-0.1, -0.05) is 54.4 Å². The van der Waals surface area contributed by atoms with Crippen LogP contribution < -0.4 is 14.4 Å². The highest BCUT2D eigenvalue weighted by Crippen LogP contribution is 2.29. The van der Waals surface area contributed by atoms with E-state index in [1.165, 1.54) is 17.0 Å². The molecule has 2 atom stereocenters. The van der Waals surface area contributed by atoms with Gasteiger partial charge in [-0.15, -0.1) is 0 Å². The van der Waals surface area contributed by atoms with Crippen molar-refractivity contribution in [2.24, 2.45) is 0 Å². The van der Waals surface area contributed by atoms with Crippen LogP contribution in [0.3, 0.4) is 0 Å². The summed E-state index contributed by atoms with van der Waals surface area (Å²) in [6.45, 7) is 7.00. The molecule has 0 bridgehead atoms. The maximum Gasteiger partial charge on any atom is 0.264 e. The number of benzene rings is 3. The Hall–Kier alpha value is -3.27. The zero-order valence-electron chi connectivity index (χ0n) is 23.5. The van der Waals surface area contributed by atoms with Gasteiger partial charge >= 0.3 is 0 Å². The van der Waals surface area contributed by atoms with E-state index in [9.17, 15) is 18.0 Å². The Morgan fingerprint density at radius 1 is 0.902 bits per heavy atom. The first-order chi connectivity index (χ1) is 19.5. The zero-order chi connectivity index (χ0) is 30.2. The van der Waals surface area contributed by atoms with E-state index in [2.05, 4.69) is 5.32 Å². The fraction of sp³-hybridized carbons (Fsp3) is 0.333. The summed E-state index contributed by atoms with van der Waals surface area (Å²) in [4.78, 5) is 28.5. The monoisotopic (exact) mass is 619 g/mol. The third-order valence-corrected chi connectivity index (χ3v) is 9.10. The zero-order valence-corrected chi connectivity index (χ0v) is 25.8. The number of nitrogens with zero attached hydrogens (tertiary/aromatic N) is 2. The lowest BCUT2D eigenvalue weighted by molar-refractivity contribution is -0.139. The Bertz CT molecular complexity index is 1420. The summed E-state index contributed by atoms with van der Waals surface area (Å²) in [5, 5.41) is 3.54. The molecule has 220 valence electrons. The fourth-order valence-electron chi connectivity index (χ4n) is 4.03. The smallest absolute Gasteiger partial charge is 0.264 e. The molecule has 0 saturated carbocycles. The van der Waals surface area contributed by atoms with Crippen molar-refractivity contribution >= 4 is 50.7 Å². The molecule has 0 aliphatic heterocycles. The molecule has 0 aromatic heterocycles. The molecule has 0 saturated heterocycles. The number of carbonyl (C=O) groups is 2. The van der Waals surface area contributed by atoms with Crippen LogP contribution in [0.1, 0.15) is 39.7 Å². The molecular formula is C30H35Cl2N3O5S. The molecule has 3 aromatic rings. The Morgan fingerprint density at radius 2 is 1.51 bits per heavy atom. The first kappa shape index (κ1) is 32.2. The number of hydrogen-bond acceptors (Lipinski definition) is 5. The summed E-state index contributed by atoms with van der Waals surface area (Å²) in [6.07, 6.45) is 0.698. The number of carbonyl (C=O) groups excluding carboxylic acids is 2. The van der Waals surface area contributed by atoms with Crippen molar-refractivity contribution < 1.29 is 22.7 Å². The summed E-state index contributed by atoms with van der Waals surface area (Å²) in [5.41, 5.74) is 0.712. The van der Waals surface area contributed by atoms with Crippen molar-refractivity contribution in [2.45, 2.75) is 57.6 Å². The van der Waals surface area contributed by atoms with E-state index in [-0.39, 0.29) is 29.1 Å². The molecule has 0 aliphatic rings. The van der Waals surface area contributed by atoms with Crippen molar-refractivity contribution in [2.75, 3.05) is 17.5 Å². The van der Waals surface area contributed by atoms with Crippen molar-refractivity contribution in [1.29, 1.82) is 0 Å². The molecule has 41 heavy (non-hydrogen) atoms. The number of amides is 2. The highest BCUT2D eigenvalue weighted by atomic mass is 35.5. The van der Waals surface area contributed by atoms with Crippen LogP contribution >= 0.6 is 23.2 Å². The number of ether oxygens (including phenoxy) is 1. The topological polar surface area (TPSA) is 96.0 Å². The van der Waals surface area contributed by atoms with Gasteiger partial charge in [-0.3, -0.25) is 13.9 Å². The molecule has 3 aromatic carbocycles. The van der Waals surface area contributed by atoms with Gasteiger partial charge in [0.15, 0.2) is 0 Å². The second kappa shape index (κ2) is 14.6. The SMILES string of the molecule is CCOc1ccc(N(CC(=O)N(Cc2c(Cl)cccc2Cl)[C@H](C)C(=O)N[C@@H](C)CC)S(=O)(=O)c2ccccc2)cc1. The van der Waals surface area contributed by atoms with Gasteiger partial charge in [0.1, 0.15) is 18.3 Å². The summed E-state index contributed by atoms with van der Waals surface area (Å²) in [7, 11) is -4.17. The van der Waals surface area contributed by atoms with Crippen molar-refractivity contribution in [1.82, 2.24) is 10.2 Å². The van der Waals surface area contributed by atoms with E-state index >= 15 is 0 Å². The molecule has 0 fully saturated rings. The van der Waals surface area contributed by atoms with Gasteiger partial charge in [0.05, 0.1) is 17.2 Å². The van der Waals surface area contributed by atoms with Gasteiger partial charge in [0.2, 0.25) is 11.8 Å². The van der Waals surface area contributed by atoms with Gasteiger partial charge in [0.25, 0.3) is 10.0 Å². The molecule has 0 radical (unpaired) electrons. The van der Waals surface area contributed by atoms with Crippen LogP contribution in [0.15, 0.2) is 77.7 Å². The Labute approximate surface area is 252 Å². The summed E-state index contributed by atoms with van der Waals surface area (Å²) < 4.78 is 34.3. The van der Waals surface area contributed by atoms with Gasteiger partial charge in [-0.05, 0) is 75.7 Å². The van der Waals surface area contributed by atoms with Gasteiger partial charge in [-0.2, -0.15) is 0 Å². The van der Waals surface area contributed by atoms with Crippen molar-refractivity contribution in [3.05, 3.63) is 88.4 Å². The first-order valence-electron chi connectivity index (χ1n) is 13.3. The Balaban J connectivity index is 2.05. The maximum atomic E-state index is 14.0. The van der Waals surface area contributed by atoms with Crippen molar-refractivity contribution in [3.8, 4) is 5.75 Å². The molecule has 1 N–H and O–H groups in total. The van der Waals surface area contributed by atoms with Gasteiger partial charge in [0, 0.05) is 28.2 Å². The number of nitrogens with one attached hydrogen (secondary N) is 1. The molecule has 0 spiro atoms. The largest absolute Gasteiger partial charge is 0.494 e. The minimum absolute atomic E-state index is 0.0185. The third kappa shape index (κ3) is 8.15. The number of anilines is 1. The summed E-state index contributed by atoms with van der Waals surface area (Å²) >= 11 is 12.8. The normalized spacial score (nSPS) is 12.7. The van der Waals surface area contributed by atoms with Crippen molar-refractivity contribution in [3.63, 3.8) is 0 Å². The van der Waals surface area contributed by atoms with Crippen LogP contribution in [0.5, 0.6) is 5.75 Å². The number of sulfonamides is 1. The second-order valence-corrected chi connectivity index (χ2v) is 12.1. The van der Waals surface area contributed by atoms with E-state index < -0.39 is 28.5 Å².